The van der Waals surface area contributed by atoms with Crippen LogP contribution in [0, 0.1) is 0 Å². The summed E-state index contributed by atoms with van der Waals surface area (Å²) in [6, 6.07) is 4.50. The minimum Gasteiger partial charge on any atom is -0.382 e. The molecule has 5 heterocycles. The number of hydrogen-bond acceptors (Lipinski definition) is 5. The topological polar surface area (TPSA) is 74.1 Å². The van der Waals surface area contributed by atoms with Crippen molar-refractivity contribution in [3.05, 3.63) is 24.5 Å². The van der Waals surface area contributed by atoms with E-state index in [4.69, 9.17) is 5.73 Å². The van der Waals surface area contributed by atoms with Gasteiger partial charge in [0.1, 0.15) is 17.6 Å². The van der Waals surface area contributed by atoms with Gasteiger partial charge >= 0.3 is 0 Å². The summed E-state index contributed by atoms with van der Waals surface area (Å²) < 4.78 is 13.5. The molecule has 0 aliphatic carbocycles. The molecule has 0 aromatic carbocycles. The first-order valence-electron chi connectivity index (χ1n) is 9.34. The fourth-order valence-electron chi connectivity index (χ4n) is 4.57. The second-order valence-corrected chi connectivity index (χ2v) is 7.40. The molecular formula is C19H23FN6. The number of halogens is 1. The van der Waals surface area contributed by atoms with Crippen molar-refractivity contribution in [3.8, 4) is 0 Å². The number of likely N-dealkylation sites (tertiary alicyclic amines) is 1. The van der Waals surface area contributed by atoms with Gasteiger partial charge in [-0.05, 0) is 31.4 Å². The molecule has 0 radical (unpaired) electrons. The van der Waals surface area contributed by atoms with Crippen LogP contribution in [0.1, 0.15) is 19.3 Å². The lowest BCUT2D eigenvalue weighted by Crippen LogP contribution is -2.44. The van der Waals surface area contributed by atoms with Gasteiger partial charge in [-0.2, -0.15) is 0 Å². The molecular weight excluding hydrogens is 331 g/mol. The Hall–Kier alpha value is -2.41. The number of hydrogen-bond donors (Lipinski definition) is 2. The lowest BCUT2D eigenvalue weighted by molar-refractivity contribution is 0.192. The molecule has 7 heteroatoms. The van der Waals surface area contributed by atoms with Crippen molar-refractivity contribution < 1.29 is 4.39 Å². The SMILES string of the molecule is Nc1ncc2[nH]c3ncccc3c2c1N1CCC(N2CC[C@H](F)C2)CC1. The van der Waals surface area contributed by atoms with Crippen LogP contribution in [-0.4, -0.2) is 58.2 Å². The number of rotatable bonds is 2. The Labute approximate surface area is 151 Å². The van der Waals surface area contributed by atoms with Crippen molar-refractivity contribution in [3.63, 3.8) is 0 Å². The molecule has 2 aliphatic rings. The zero-order valence-electron chi connectivity index (χ0n) is 14.7. The highest BCUT2D eigenvalue weighted by Gasteiger charge is 2.31. The minimum absolute atomic E-state index is 0.477. The summed E-state index contributed by atoms with van der Waals surface area (Å²) in [5.74, 6) is 0.561. The quantitative estimate of drug-likeness (QED) is 0.740. The van der Waals surface area contributed by atoms with Crippen molar-refractivity contribution in [2.24, 2.45) is 0 Å². The molecule has 0 bridgehead atoms. The zero-order chi connectivity index (χ0) is 17.7. The number of piperidine rings is 1. The molecule has 3 N–H and O–H groups in total. The predicted molar refractivity (Wildman–Crippen MR) is 102 cm³/mol. The Balaban J connectivity index is 1.47. The molecule has 26 heavy (non-hydrogen) atoms. The van der Waals surface area contributed by atoms with Crippen molar-refractivity contribution in [2.45, 2.75) is 31.5 Å². The van der Waals surface area contributed by atoms with Crippen LogP contribution in [0.2, 0.25) is 0 Å². The number of nitrogens with two attached hydrogens (primary N) is 1. The first-order chi connectivity index (χ1) is 12.7. The first kappa shape index (κ1) is 15.8. The number of nitrogens with one attached hydrogen (secondary N) is 1. The average molecular weight is 354 g/mol. The lowest BCUT2D eigenvalue weighted by Gasteiger charge is -2.38. The van der Waals surface area contributed by atoms with E-state index in [0.717, 1.165) is 60.1 Å². The van der Waals surface area contributed by atoms with Crippen LogP contribution >= 0.6 is 0 Å². The normalized spacial score (nSPS) is 22.7. The van der Waals surface area contributed by atoms with E-state index in [1.165, 1.54) is 0 Å². The Morgan fingerprint density at radius 2 is 2.00 bits per heavy atom. The Kier molecular flexibility index (Phi) is 3.70. The number of fused-ring (bicyclic) bond motifs is 3. The van der Waals surface area contributed by atoms with E-state index >= 15 is 0 Å². The molecule has 3 aromatic heterocycles. The molecule has 3 aromatic rings. The van der Waals surface area contributed by atoms with Gasteiger partial charge in [-0.1, -0.05) is 0 Å². The summed E-state index contributed by atoms with van der Waals surface area (Å²) >= 11 is 0. The average Bonchev–Trinajstić information content (AvgIpc) is 3.26. The number of alkyl halides is 1. The van der Waals surface area contributed by atoms with Gasteiger partial charge in [0, 0.05) is 49.2 Å². The van der Waals surface area contributed by atoms with Gasteiger partial charge < -0.3 is 15.6 Å². The maximum Gasteiger partial charge on any atom is 0.147 e. The van der Waals surface area contributed by atoms with Gasteiger partial charge in [-0.15, -0.1) is 0 Å². The van der Waals surface area contributed by atoms with E-state index in [0.29, 0.717) is 24.8 Å². The van der Waals surface area contributed by atoms with Gasteiger partial charge in [0.05, 0.1) is 17.4 Å². The number of nitrogens with zero attached hydrogens (tertiary/aromatic N) is 4. The summed E-state index contributed by atoms with van der Waals surface area (Å²) in [4.78, 5) is 16.8. The molecule has 1 atom stereocenters. The molecule has 136 valence electrons. The third kappa shape index (κ3) is 2.49. The highest BCUT2D eigenvalue weighted by atomic mass is 19.1. The van der Waals surface area contributed by atoms with Crippen molar-refractivity contribution in [1.82, 2.24) is 19.9 Å². The van der Waals surface area contributed by atoms with Crippen LogP contribution in [0.15, 0.2) is 24.5 Å². The number of aromatic amines is 1. The maximum absolute atomic E-state index is 13.5. The second-order valence-electron chi connectivity index (χ2n) is 7.40. The Morgan fingerprint density at radius 1 is 1.15 bits per heavy atom. The van der Waals surface area contributed by atoms with Gasteiger partial charge in [-0.3, -0.25) is 4.90 Å². The standard InChI is InChI=1S/C19H23FN6/c20-12-3-7-26(11-12)13-4-8-25(9-5-13)17-16-14-2-1-6-22-19(14)24-15(16)10-23-18(17)21/h1-2,6,10,12-13H,3-5,7-9,11H2,(H2,21,23)(H,22,24)/t12-/m0/s1. The molecule has 2 fully saturated rings. The highest BCUT2D eigenvalue weighted by Crippen LogP contribution is 2.37. The van der Waals surface area contributed by atoms with E-state index in [2.05, 4.69) is 30.8 Å². The molecule has 2 aliphatic heterocycles. The number of nitrogen functional groups attached to an aromatic ring is 1. The van der Waals surface area contributed by atoms with E-state index < -0.39 is 6.17 Å². The van der Waals surface area contributed by atoms with Crippen molar-refractivity contribution in [1.29, 1.82) is 0 Å². The summed E-state index contributed by atoms with van der Waals surface area (Å²) in [6.45, 7) is 3.31. The largest absolute Gasteiger partial charge is 0.382 e. The Morgan fingerprint density at radius 3 is 2.77 bits per heavy atom. The fourth-order valence-corrected chi connectivity index (χ4v) is 4.57. The van der Waals surface area contributed by atoms with Gasteiger partial charge in [0.2, 0.25) is 0 Å². The predicted octanol–water partition coefficient (Wildman–Crippen LogP) is 2.71. The number of pyridine rings is 2. The molecule has 0 unspecified atom stereocenters. The highest BCUT2D eigenvalue weighted by molar-refractivity contribution is 6.14. The number of anilines is 2. The van der Waals surface area contributed by atoms with Gasteiger partial charge in [0.25, 0.3) is 0 Å². The first-order valence-corrected chi connectivity index (χ1v) is 9.34. The number of H-pyrrole nitrogens is 1. The van der Waals surface area contributed by atoms with Crippen molar-refractivity contribution in [2.75, 3.05) is 36.8 Å². The van der Waals surface area contributed by atoms with E-state index in [1.807, 2.05) is 6.07 Å². The van der Waals surface area contributed by atoms with E-state index in [-0.39, 0.29) is 0 Å². The summed E-state index contributed by atoms with van der Waals surface area (Å²) in [5.41, 5.74) is 9.12. The van der Waals surface area contributed by atoms with Crippen LogP contribution in [0.3, 0.4) is 0 Å². The maximum atomic E-state index is 13.5. The van der Waals surface area contributed by atoms with Crippen molar-refractivity contribution >= 4 is 33.4 Å². The minimum atomic E-state index is -0.652. The third-order valence-electron chi connectivity index (χ3n) is 5.87. The van der Waals surface area contributed by atoms with Crippen LogP contribution in [0.5, 0.6) is 0 Å². The summed E-state index contributed by atoms with van der Waals surface area (Å²) in [6.07, 6.45) is 5.66. The van der Waals surface area contributed by atoms with Gasteiger partial charge in [0.15, 0.2) is 0 Å². The molecule has 2 saturated heterocycles. The molecule has 6 nitrogen and oxygen atoms in total. The monoisotopic (exact) mass is 354 g/mol. The van der Waals surface area contributed by atoms with Crippen LogP contribution in [0.4, 0.5) is 15.9 Å². The van der Waals surface area contributed by atoms with Crippen LogP contribution in [0.25, 0.3) is 21.9 Å². The second kappa shape index (κ2) is 6.09. The fraction of sp³-hybridized carbons (Fsp3) is 0.474. The summed E-state index contributed by atoms with van der Waals surface area (Å²) in [7, 11) is 0. The molecule has 0 amide bonds. The smallest absolute Gasteiger partial charge is 0.147 e. The Bertz CT molecular complexity index is 946. The van der Waals surface area contributed by atoms with E-state index in [9.17, 15) is 4.39 Å². The lowest BCUT2D eigenvalue weighted by atomic mass is 10.0. The number of aromatic nitrogens is 3. The van der Waals surface area contributed by atoms with Gasteiger partial charge in [-0.25, -0.2) is 14.4 Å². The molecule has 0 saturated carbocycles. The van der Waals surface area contributed by atoms with Crippen LogP contribution in [-0.2, 0) is 0 Å². The van der Waals surface area contributed by atoms with E-state index in [1.54, 1.807) is 12.4 Å². The zero-order valence-corrected chi connectivity index (χ0v) is 14.7. The molecule has 5 rings (SSSR count). The van der Waals surface area contributed by atoms with Crippen LogP contribution < -0.4 is 10.6 Å². The molecule has 0 spiro atoms. The third-order valence-corrected chi connectivity index (χ3v) is 5.87. The summed E-state index contributed by atoms with van der Waals surface area (Å²) in [5, 5.41) is 2.18.